The van der Waals surface area contributed by atoms with Crippen LogP contribution >= 0.6 is 0 Å². The lowest BCUT2D eigenvalue weighted by molar-refractivity contribution is -0.117. The summed E-state index contributed by atoms with van der Waals surface area (Å²) in [5.74, 6) is -8.92. The maximum absolute atomic E-state index is 14.6. The molecule has 1 saturated heterocycles. The number of likely N-dealkylation sites (tertiary alicyclic amines) is 1. The lowest BCUT2D eigenvalue weighted by Gasteiger charge is -2.44. The van der Waals surface area contributed by atoms with E-state index in [1.165, 1.54) is 6.21 Å². The molecular weight excluding hydrogens is 412 g/mol. The van der Waals surface area contributed by atoms with E-state index in [1.807, 2.05) is 0 Å². The molecule has 4 nitrogen and oxygen atoms in total. The standard InChI is InChI=1S/C20H15F6N3O/c21-13-1-2-16(17(24)8-13)20(25,26)12-9-28(10-12)19(30)29-18(3-4-27-29)11-5-14(22)7-15(23)6-11/h1-2,4-8,12,18H,3,9-10H2. The van der Waals surface area contributed by atoms with Gasteiger partial charge in [0, 0.05) is 37.9 Å². The summed E-state index contributed by atoms with van der Waals surface area (Å²) in [4.78, 5) is 13.8. The van der Waals surface area contributed by atoms with Crippen molar-refractivity contribution in [3.8, 4) is 0 Å². The second kappa shape index (κ2) is 7.33. The second-order valence-electron chi connectivity index (χ2n) is 7.23. The van der Waals surface area contributed by atoms with E-state index in [-0.39, 0.29) is 25.1 Å². The van der Waals surface area contributed by atoms with Crippen LogP contribution in [0.25, 0.3) is 0 Å². The zero-order valence-electron chi connectivity index (χ0n) is 15.3. The minimum Gasteiger partial charge on any atom is -0.322 e. The highest BCUT2D eigenvalue weighted by atomic mass is 19.3. The van der Waals surface area contributed by atoms with Gasteiger partial charge in [-0.05, 0) is 29.8 Å². The van der Waals surface area contributed by atoms with Gasteiger partial charge in [0.1, 0.15) is 23.3 Å². The largest absolute Gasteiger partial charge is 0.341 e. The van der Waals surface area contributed by atoms with Crippen LogP contribution in [0, 0.1) is 29.2 Å². The smallest absolute Gasteiger partial charge is 0.322 e. The van der Waals surface area contributed by atoms with E-state index in [1.54, 1.807) is 0 Å². The highest BCUT2D eigenvalue weighted by Crippen LogP contribution is 2.43. The number of carbonyl (C=O) groups is 1. The van der Waals surface area contributed by atoms with Crippen molar-refractivity contribution in [2.75, 3.05) is 13.1 Å². The van der Waals surface area contributed by atoms with E-state index >= 15 is 0 Å². The van der Waals surface area contributed by atoms with Gasteiger partial charge < -0.3 is 4.90 Å². The van der Waals surface area contributed by atoms with Gasteiger partial charge in [-0.1, -0.05) is 0 Å². The molecule has 0 saturated carbocycles. The highest BCUT2D eigenvalue weighted by molar-refractivity contribution is 5.79. The average Bonchev–Trinajstić information content (AvgIpc) is 3.08. The predicted octanol–water partition coefficient (Wildman–Crippen LogP) is 4.82. The number of rotatable bonds is 3. The van der Waals surface area contributed by atoms with Gasteiger partial charge >= 0.3 is 6.03 Å². The summed E-state index contributed by atoms with van der Waals surface area (Å²) < 4.78 is 83.0. The van der Waals surface area contributed by atoms with E-state index in [9.17, 15) is 31.1 Å². The van der Waals surface area contributed by atoms with Crippen molar-refractivity contribution >= 4 is 12.2 Å². The number of halogens is 6. The summed E-state index contributed by atoms with van der Waals surface area (Å²) in [6.45, 7) is -0.752. The summed E-state index contributed by atoms with van der Waals surface area (Å²) in [6.07, 6.45) is 1.61. The van der Waals surface area contributed by atoms with Crippen molar-refractivity contribution in [2.24, 2.45) is 11.0 Å². The molecule has 0 spiro atoms. The molecule has 10 heteroatoms. The maximum atomic E-state index is 14.6. The Balaban J connectivity index is 1.46. The van der Waals surface area contributed by atoms with Gasteiger partial charge in [0.2, 0.25) is 0 Å². The summed E-state index contributed by atoms with van der Waals surface area (Å²) in [5.41, 5.74) is -0.748. The molecular formula is C20H15F6N3O. The number of hydrogen-bond acceptors (Lipinski definition) is 2. The fraction of sp³-hybridized carbons (Fsp3) is 0.300. The Labute approximate surface area is 167 Å². The minimum absolute atomic E-state index is 0.189. The zero-order valence-corrected chi connectivity index (χ0v) is 15.3. The first-order chi connectivity index (χ1) is 14.2. The van der Waals surface area contributed by atoms with E-state index in [0.717, 1.165) is 28.1 Å². The van der Waals surface area contributed by atoms with Crippen LogP contribution in [0.1, 0.15) is 23.6 Å². The summed E-state index contributed by atoms with van der Waals surface area (Å²) in [6, 6.07) is 3.19. The molecule has 0 bridgehead atoms. The zero-order chi connectivity index (χ0) is 21.6. The average molecular weight is 427 g/mol. The molecule has 1 atom stereocenters. The number of nitrogens with zero attached hydrogens (tertiary/aromatic N) is 3. The number of hydrogen-bond donors (Lipinski definition) is 0. The molecule has 0 aromatic heterocycles. The van der Waals surface area contributed by atoms with Gasteiger partial charge in [-0.25, -0.2) is 36.1 Å². The monoisotopic (exact) mass is 427 g/mol. The first-order valence-electron chi connectivity index (χ1n) is 9.06. The lowest BCUT2D eigenvalue weighted by atomic mass is 9.88. The lowest BCUT2D eigenvalue weighted by Crippen LogP contribution is -2.58. The molecule has 2 amide bonds. The summed E-state index contributed by atoms with van der Waals surface area (Å²) in [5, 5.41) is 4.90. The maximum Gasteiger partial charge on any atom is 0.341 e. The van der Waals surface area contributed by atoms with E-state index < -0.39 is 52.7 Å². The number of urea groups is 1. The van der Waals surface area contributed by atoms with Gasteiger partial charge in [-0.15, -0.1) is 0 Å². The highest BCUT2D eigenvalue weighted by Gasteiger charge is 2.51. The van der Waals surface area contributed by atoms with Crippen LogP contribution in [0.15, 0.2) is 41.5 Å². The fourth-order valence-corrected chi connectivity index (χ4v) is 3.63. The Hall–Kier alpha value is -3.04. The molecule has 0 N–H and O–H groups in total. The van der Waals surface area contributed by atoms with Crippen LogP contribution in [0.4, 0.5) is 31.1 Å². The summed E-state index contributed by atoms with van der Waals surface area (Å²) in [7, 11) is 0. The molecule has 1 fully saturated rings. The molecule has 1 unspecified atom stereocenters. The Morgan fingerprint density at radius 1 is 0.967 bits per heavy atom. The van der Waals surface area contributed by atoms with Crippen molar-refractivity contribution in [3.63, 3.8) is 0 Å². The first kappa shape index (κ1) is 20.2. The first-order valence-corrected chi connectivity index (χ1v) is 9.06. The molecule has 2 aliphatic rings. The molecule has 4 rings (SSSR count). The van der Waals surface area contributed by atoms with Crippen LogP contribution < -0.4 is 0 Å². The molecule has 2 aromatic rings. The van der Waals surface area contributed by atoms with E-state index in [0.29, 0.717) is 18.2 Å². The van der Waals surface area contributed by atoms with Gasteiger partial charge in [0.05, 0.1) is 17.5 Å². The number of amides is 2. The molecule has 2 heterocycles. The van der Waals surface area contributed by atoms with Crippen LogP contribution in [0.3, 0.4) is 0 Å². The van der Waals surface area contributed by atoms with Crippen molar-refractivity contribution in [3.05, 3.63) is 70.8 Å². The normalized spacial score (nSPS) is 19.3. The van der Waals surface area contributed by atoms with Crippen molar-refractivity contribution in [1.29, 1.82) is 0 Å². The number of benzene rings is 2. The predicted molar refractivity (Wildman–Crippen MR) is 94.8 cm³/mol. The van der Waals surface area contributed by atoms with Crippen LogP contribution in [0.2, 0.25) is 0 Å². The molecule has 2 aromatic carbocycles. The number of hydrazone groups is 1. The van der Waals surface area contributed by atoms with Crippen LogP contribution in [-0.4, -0.2) is 35.2 Å². The Bertz CT molecular complexity index is 1000. The molecule has 158 valence electrons. The molecule has 2 aliphatic heterocycles. The van der Waals surface area contributed by atoms with Crippen molar-refractivity contribution in [2.45, 2.75) is 18.4 Å². The van der Waals surface area contributed by atoms with Crippen molar-refractivity contribution in [1.82, 2.24) is 9.91 Å². The van der Waals surface area contributed by atoms with Crippen LogP contribution in [0.5, 0.6) is 0 Å². The second-order valence-corrected chi connectivity index (χ2v) is 7.23. The van der Waals surface area contributed by atoms with Gasteiger partial charge in [-0.2, -0.15) is 5.10 Å². The quantitative estimate of drug-likeness (QED) is 0.647. The number of alkyl halides is 2. The van der Waals surface area contributed by atoms with Crippen LogP contribution in [-0.2, 0) is 5.92 Å². The Morgan fingerprint density at radius 2 is 1.63 bits per heavy atom. The van der Waals surface area contributed by atoms with E-state index in [4.69, 9.17) is 0 Å². The topological polar surface area (TPSA) is 35.9 Å². The third-order valence-electron chi connectivity index (χ3n) is 5.25. The van der Waals surface area contributed by atoms with Gasteiger partial charge in [-0.3, -0.25) is 0 Å². The van der Waals surface area contributed by atoms with E-state index in [2.05, 4.69) is 5.10 Å². The molecule has 0 aliphatic carbocycles. The van der Waals surface area contributed by atoms with Crippen molar-refractivity contribution < 1.29 is 31.1 Å². The third-order valence-corrected chi connectivity index (χ3v) is 5.25. The summed E-state index contributed by atoms with van der Waals surface area (Å²) >= 11 is 0. The minimum atomic E-state index is -3.60. The van der Waals surface area contributed by atoms with Gasteiger partial charge in [0.25, 0.3) is 5.92 Å². The number of carbonyl (C=O) groups excluding carboxylic acids is 1. The fourth-order valence-electron chi connectivity index (χ4n) is 3.63. The van der Waals surface area contributed by atoms with Gasteiger partial charge in [0.15, 0.2) is 0 Å². The molecule has 30 heavy (non-hydrogen) atoms. The molecule has 0 radical (unpaired) electrons. The third kappa shape index (κ3) is 3.50. The Kier molecular flexibility index (Phi) is 4.95. The Morgan fingerprint density at radius 3 is 2.27 bits per heavy atom. The SMILES string of the molecule is O=C(N1CC(C(F)(F)c2ccc(F)cc2F)C1)N1N=CCC1c1cc(F)cc(F)c1.